The molecule has 1 aromatic heterocycles. The normalized spacial score (nSPS) is 25.2. The molecule has 136 valence electrons. The van der Waals surface area contributed by atoms with Crippen molar-refractivity contribution in [2.75, 3.05) is 26.4 Å². The van der Waals surface area contributed by atoms with E-state index in [4.69, 9.17) is 9.47 Å². The minimum Gasteiger partial charge on any atom is -0.389 e. The predicted molar refractivity (Wildman–Crippen MR) is 90.0 cm³/mol. The topological polar surface area (TPSA) is 81.4 Å². The first-order valence-electron chi connectivity index (χ1n) is 9.16. The second-order valence-corrected chi connectivity index (χ2v) is 7.19. The van der Waals surface area contributed by atoms with Gasteiger partial charge in [-0.05, 0) is 19.3 Å². The Kier molecular flexibility index (Phi) is 6.21. The molecule has 0 bridgehead atoms. The van der Waals surface area contributed by atoms with E-state index >= 15 is 0 Å². The Morgan fingerprint density at radius 3 is 3.04 bits per heavy atom. The van der Waals surface area contributed by atoms with Crippen LogP contribution >= 0.6 is 0 Å². The van der Waals surface area contributed by atoms with Crippen LogP contribution in [-0.2, 0) is 22.4 Å². The quantitative estimate of drug-likeness (QED) is 0.732. The molecule has 7 heteroatoms. The Hall–Kier alpha value is -1.02. The van der Waals surface area contributed by atoms with Crippen LogP contribution in [0.2, 0.25) is 0 Å². The Balaban J connectivity index is 1.35. The zero-order valence-corrected chi connectivity index (χ0v) is 14.8. The Bertz CT molecular complexity index is 514. The van der Waals surface area contributed by atoms with E-state index in [1.54, 1.807) is 0 Å². The van der Waals surface area contributed by atoms with Crippen molar-refractivity contribution in [3.05, 3.63) is 11.6 Å². The zero-order chi connectivity index (χ0) is 16.9. The fourth-order valence-corrected chi connectivity index (χ4v) is 3.21. The van der Waals surface area contributed by atoms with E-state index in [1.807, 2.05) is 4.68 Å². The molecule has 24 heavy (non-hydrogen) atoms. The van der Waals surface area contributed by atoms with Gasteiger partial charge in [0, 0.05) is 31.5 Å². The molecule has 1 aromatic rings. The SMILES string of the molecule is CC(C)c1nc2n(n1)CC(NCC(O)COCC1CCCO1)CC2. The average Bonchev–Trinajstić information content (AvgIpc) is 3.21. The standard InChI is InChI=1S/C17H30N4O3/c1-12(2)17-19-16-6-5-13(9-21(16)20-17)18-8-14(22)10-23-11-15-4-3-7-24-15/h12-15,18,22H,3-11H2,1-2H3. The summed E-state index contributed by atoms with van der Waals surface area (Å²) in [6, 6.07) is 0.326. The first-order chi connectivity index (χ1) is 11.6. The minimum absolute atomic E-state index is 0.212. The highest BCUT2D eigenvalue weighted by molar-refractivity contribution is 5.01. The van der Waals surface area contributed by atoms with Crippen molar-refractivity contribution < 1.29 is 14.6 Å². The summed E-state index contributed by atoms with van der Waals surface area (Å²) in [6.45, 7) is 7.36. The number of aryl methyl sites for hydroxylation is 1. The van der Waals surface area contributed by atoms with Crippen LogP contribution in [0.15, 0.2) is 0 Å². The third-order valence-electron chi connectivity index (χ3n) is 4.67. The number of nitrogens with one attached hydrogen (secondary N) is 1. The summed E-state index contributed by atoms with van der Waals surface area (Å²) >= 11 is 0. The maximum absolute atomic E-state index is 10.1. The van der Waals surface area contributed by atoms with Crippen molar-refractivity contribution in [3.63, 3.8) is 0 Å². The van der Waals surface area contributed by atoms with Crippen molar-refractivity contribution in [2.45, 2.75) is 70.2 Å². The molecule has 3 heterocycles. The molecule has 0 spiro atoms. The van der Waals surface area contributed by atoms with E-state index in [2.05, 4.69) is 29.2 Å². The molecule has 2 N–H and O–H groups in total. The predicted octanol–water partition coefficient (Wildman–Crippen LogP) is 0.862. The largest absolute Gasteiger partial charge is 0.389 e. The monoisotopic (exact) mass is 338 g/mol. The van der Waals surface area contributed by atoms with Gasteiger partial charge in [0.15, 0.2) is 5.82 Å². The number of hydrogen-bond acceptors (Lipinski definition) is 6. The maximum Gasteiger partial charge on any atom is 0.153 e. The fourth-order valence-electron chi connectivity index (χ4n) is 3.21. The molecule has 2 aliphatic rings. The molecule has 7 nitrogen and oxygen atoms in total. The molecule has 3 atom stereocenters. The van der Waals surface area contributed by atoms with Gasteiger partial charge in [0.25, 0.3) is 0 Å². The lowest BCUT2D eigenvalue weighted by Crippen LogP contribution is -2.42. The minimum atomic E-state index is -0.491. The first-order valence-corrected chi connectivity index (χ1v) is 9.16. The van der Waals surface area contributed by atoms with Crippen molar-refractivity contribution >= 4 is 0 Å². The fraction of sp³-hybridized carbons (Fsp3) is 0.882. The van der Waals surface area contributed by atoms with Gasteiger partial charge < -0.3 is 19.9 Å². The third-order valence-corrected chi connectivity index (χ3v) is 4.67. The highest BCUT2D eigenvalue weighted by Crippen LogP contribution is 2.17. The zero-order valence-electron chi connectivity index (χ0n) is 14.8. The number of ether oxygens (including phenoxy) is 2. The molecule has 2 aliphatic heterocycles. The number of rotatable bonds is 8. The molecule has 3 rings (SSSR count). The van der Waals surface area contributed by atoms with Gasteiger partial charge in [-0.3, -0.25) is 0 Å². The smallest absolute Gasteiger partial charge is 0.153 e. The summed E-state index contributed by atoms with van der Waals surface area (Å²) in [5.74, 6) is 2.36. The van der Waals surface area contributed by atoms with Gasteiger partial charge in [0.2, 0.25) is 0 Å². The van der Waals surface area contributed by atoms with Crippen molar-refractivity contribution in [1.29, 1.82) is 0 Å². The summed E-state index contributed by atoms with van der Waals surface area (Å²) < 4.78 is 13.1. The molecular formula is C17H30N4O3. The summed E-state index contributed by atoms with van der Waals surface area (Å²) in [6.07, 6.45) is 3.86. The van der Waals surface area contributed by atoms with E-state index in [1.165, 1.54) is 0 Å². The first kappa shape index (κ1) is 17.8. The number of hydrogen-bond donors (Lipinski definition) is 2. The Morgan fingerprint density at radius 2 is 2.29 bits per heavy atom. The molecule has 0 amide bonds. The van der Waals surface area contributed by atoms with Gasteiger partial charge in [-0.25, -0.2) is 9.67 Å². The molecule has 1 saturated heterocycles. The van der Waals surface area contributed by atoms with Gasteiger partial charge in [-0.15, -0.1) is 0 Å². The van der Waals surface area contributed by atoms with Crippen molar-refractivity contribution in [3.8, 4) is 0 Å². The van der Waals surface area contributed by atoms with Gasteiger partial charge in [0.05, 0.1) is 32.0 Å². The Morgan fingerprint density at radius 1 is 1.42 bits per heavy atom. The van der Waals surface area contributed by atoms with Crippen LogP contribution in [-0.4, -0.2) is 64.5 Å². The molecule has 0 aromatic carbocycles. The molecule has 1 fully saturated rings. The molecule has 0 radical (unpaired) electrons. The van der Waals surface area contributed by atoms with Crippen LogP contribution in [0.1, 0.15) is 50.7 Å². The van der Waals surface area contributed by atoms with Gasteiger partial charge in [-0.2, -0.15) is 5.10 Å². The lowest BCUT2D eigenvalue weighted by atomic mass is 10.1. The van der Waals surface area contributed by atoms with E-state index < -0.39 is 6.10 Å². The summed E-state index contributed by atoms with van der Waals surface area (Å²) in [5, 5.41) is 18.1. The number of aliphatic hydroxyl groups excluding tert-OH is 1. The van der Waals surface area contributed by atoms with Crippen LogP contribution in [0.3, 0.4) is 0 Å². The number of nitrogens with zero attached hydrogens (tertiary/aromatic N) is 3. The van der Waals surface area contributed by atoms with Crippen LogP contribution in [0.25, 0.3) is 0 Å². The lowest BCUT2D eigenvalue weighted by Gasteiger charge is -2.25. The molecule has 0 aliphatic carbocycles. The Labute approximate surface area is 143 Å². The maximum atomic E-state index is 10.1. The van der Waals surface area contributed by atoms with Crippen LogP contribution in [0, 0.1) is 0 Å². The van der Waals surface area contributed by atoms with Crippen molar-refractivity contribution in [1.82, 2.24) is 20.1 Å². The van der Waals surface area contributed by atoms with Crippen molar-refractivity contribution in [2.24, 2.45) is 0 Å². The van der Waals surface area contributed by atoms with E-state index in [0.29, 0.717) is 31.7 Å². The van der Waals surface area contributed by atoms with E-state index in [9.17, 15) is 5.11 Å². The summed E-state index contributed by atoms with van der Waals surface area (Å²) in [7, 11) is 0. The summed E-state index contributed by atoms with van der Waals surface area (Å²) in [5.41, 5.74) is 0. The van der Waals surface area contributed by atoms with Crippen LogP contribution < -0.4 is 5.32 Å². The van der Waals surface area contributed by atoms with Crippen LogP contribution in [0.5, 0.6) is 0 Å². The average molecular weight is 338 g/mol. The number of aliphatic hydroxyl groups is 1. The van der Waals surface area contributed by atoms with Gasteiger partial charge in [0.1, 0.15) is 5.82 Å². The molecule has 0 saturated carbocycles. The summed E-state index contributed by atoms with van der Waals surface area (Å²) in [4.78, 5) is 4.60. The second-order valence-electron chi connectivity index (χ2n) is 7.19. The second kappa shape index (κ2) is 8.38. The van der Waals surface area contributed by atoms with Gasteiger partial charge in [-0.1, -0.05) is 13.8 Å². The lowest BCUT2D eigenvalue weighted by molar-refractivity contribution is -0.0171. The van der Waals surface area contributed by atoms with Gasteiger partial charge >= 0.3 is 0 Å². The molecular weight excluding hydrogens is 308 g/mol. The number of fused-ring (bicyclic) bond motifs is 1. The number of aromatic nitrogens is 3. The molecule has 3 unspecified atom stereocenters. The van der Waals surface area contributed by atoms with E-state index in [0.717, 1.165) is 50.5 Å². The third kappa shape index (κ3) is 4.75. The highest BCUT2D eigenvalue weighted by atomic mass is 16.5. The highest BCUT2D eigenvalue weighted by Gasteiger charge is 2.23. The van der Waals surface area contributed by atoms with E-state index in [-0.39, 0.29) is 6.10 Å². The van der Waals surface area contributed by atoms with Crippen LogP contribution in [0.4, 0.5) is 0 Å².